The second-order valence-corrected chi connectivity index (χ2v) is 22.3. The first-order valence-electron chi connectivity index (χ1n) is 26.2. The van der Waals surface area contributed by atoms with Gasteiger partial charge in [0.15, 0.2) is 0 Å². The standard InChI is InChI=1S/C71H54N4/c1-70(2,3)68-65(73-66(69(74-68)71(4,5)6)44-34-37-55-59-30-19-39-72-67(59)58-29-14-13-23-49(58)48-22-9-11-25-51(48)61(55)41-44)43-33-36-53-54-38-35-45(75-63-31-17-15-27-56(63)57-28-16-18-32-64(57)75)42-62(54)52-26-12-8-21-47(52)46-20-7-10-24-50(46)60(53)40-43/h7-42H,1-6H3. The molecule has 14 rings (SSSR count). The third-order valence-corrected chi connectivity index (χ3v) is 15.5. The number of nitrogens with zero attached hydrogens (tertiary/aromatic N) is 4. The third-order valence-electron chi connectivity index (χ3n) is 15.5. The zero-order valence-electron chi connectivity index (χ0n) is 43.1. The second-order valence-electron chi connectivity index (χ2n) is 22.3. The minimum absolute atomic E-state index is 0.321. The summed E-state index contributed by atoms with van der Waals surface area (Å²) in [5.41, 5.74) is 27.3. The summed E-state index contributed by atoms with van der Waals surface area (Å²) < 4.78 is 2.43. The summed E-state index contributed by atoms with van der Waals surface area (Å²) in [6.45, 7) is 13.6. The van der Waals surface area contributed by atoms with E-state index < -0.39 is 0 Å². The zero-order valence-corrected chi connectivity index (χ0v) is 43.1. The molecular formula is C71H54N4. The fourth-order valence-corrected chi connectivity index (χ4v) is 12.1. The Bertz CT molecular complexity index is 4270. The molecule has 4 nitrogen and oxygen atoms in total. The number of fused-ring (bicyclic) bond motifs is 19. The molecule has 0 spiro atoms. The summed E-state index contributed by atoms with van der Waals surface area (Å²) in [5.74, 6) is 0. The normalized spacial score (nSPS) is 12.4. The van der Waals surface area contributed by atoms with Gasteiger partial charge in [0.2, 0.25) is 0 Å². The zero-order chi connectivity index (χ0) is 50.7. The Balaban J connectivity index is 0.998. The predicted octanol–water partition coefficient (Wildman–Crippen LogP) is 18.9. The molecule has 358 valence electrons. The summed E-state index contributed by atoms with van der Waals surface area (Å²) >= 11 is 0. The van der Waals surface area contributed by atoms with Gasteiger partial charge in [0, 0.05) is 55.7 Å². The molecule has 0 fully saturated rings. The highest BCUT2D eigenvalue weighted by atomic mass is 15.0. The molecule has 0 N–H and O–H groups in total. The minimum Gasteiger partial charge on any atom is -0.309 e. The van der Waals surface area contributed by atoms with Crippen molar-refractivity contribution in [2.75, 3.05) is 0 Å². The highest BCUT2D eigenvalue weighted by molar-refractivity contribution is 6.10. The van der Waals surface area contributed by atoms with Crippen molar-refractivity contribution >= 4 is 21.8 Å². The molecule has 75 heavy (non-hydrogen) atoms. The lowest BCUT2D eigenvalue weighted by atomic mass is 9.79. The molecule has 0 aliphatic heterocycles. The van der Waals surface area contributed by atoms with Gasteiger partial charge in [-0.3, -0.25) is 9.97 Å². The van der Waals surface area contributed by atoms with Gasteiger partial charge in [0.05, 0.1) is 39.5 Å². The van der Waals surface area contributed by atoms with E-state index in [1.807, 2.05) is 6.20 Å². The molecule has 0 unspecified atom stereocenters. The first-order chi connectivity index (χ1) is 36.5. The quantitative estimate of drug-likeness (QED) is 0.177. The van der Waals surface area contributed by atoms with Gasteiger partial charge < -0.3 is 4.57 Å². The molecular weight excluding hydrogens is 909 g/mol. The first kappa shape index (κ1) is 44.7. The monoisotopic (exact) mass is 962 g/mol. The van der Waals surface area contributed by atoms with Gasteiger partial charge in [-0.2, -0.15) is 0 Å². The SMILES string of the molecule is CC(C)(C)c1nc(C(C)(C)C)c(-c2ccc3c(c2)-c2ccccc2-c2ccccc2-c2ncccc2-3)nc1-c1ccc2c(c1)-c1ccccc1-c1ccccc1-c1cc(-n3c4ccccc4c4ccccc43)ccc1-2. The highest BCUT2D eigenvalue weighted by Crippen LogP contribution is 2.52. The summed E-state index contributed by atoms with van der Waals surface area (Å²) in [6.07, 6.45) is 1.91. The Morgan fingerprint density at radius 2 is 0.653 bits per heavy atom. The van der Waals surface area contributed by atoms with Crippen LogP contribution in [0.15, 0.2) is 219 Å². The molecule has 0 bridgehead atoms. The molecule has 0 atom stereocenters. The van der Waals surface area contributed by atoms with Gasteiger partial charge in [-0.05, 0) is 115 Å². The Morgan fingerprint density at radius 3 is 1.13 bits per heavy atom. The lowest BCUT2D eigenvalue weighted by Gasteiger charge is -2.29. The molecule has 12 aromatic rings. The maximum Gasteiger partial charge on any atom is 0.0930 e. The van der Waals surface area contributed by atoms with E-state index in [1.54, 1.807) is 0 Å². The number of hydrogen-bond acceptors (Lipinski definition) is 3. The average Bonchev–Trinajstić information content (AvgIpc) is 3.78. The number of pyridine rings is 1. The van der Waals surface area contributed by atoms with Crippen molar-refractivity contribution in [3.63, 3.8) is 0 Å². The largest absolute Gasteiger partial charge is 0.309 e. The van der Waals surface area contributed by atoms with E-state index in [-0.39, 0.29) is 10.8 Å². The Labute approximate surface area is 438 Å². The molecule has 0 saturated carbocycles. The van der Waals surface area contributed by atoms with Crippen LogP contribution < -0.4 is 0 Å². The average molecular weight is 963 g/mol. The molecule has 0 amide bonds. The summed E-state index contributed by atoms with van der Waals surface area (Å²) in [7, 11) is 0. The van der Waals surface area contributed by atoms with Crippen LogP contribution in [-0.4, -0.2) is 19.5 Å². The van der Waals surface area contributed by atoms with Gasteiger partial charge in [-0.15, -0.1) is 0 Å². The van der Waals surface area contributed by atoms with Crippen LogP contribution in [0.25, 0.3) is 139 Å². The van der Waals surface area contributed by atoms with Gasteiger partial charge in [-0.25, -0.2) is 4.98 Å². The van der Waals surface area contributed by atoms with E-state index in [0.29, 0.717) is 0 Å². The van der Waals surface area contributed by atoms with Crippen LogP contribution in [0.3, 0.4) is 0 Å². The van der Waals surface area contributed by atoms with Crippen LogP contribution >= 0.6 is 0 Å². The summed E-state index contributed by atoms with van der Waals surface area (Å²) in [6, 6.07) is 78.1. The minimum atomic E-state index is -0.327. The molecule has 0 radical (unpaired) electrons. The predicted molar refractivity (Wildman–Crippen MR) is 313 cm³/mol. The van der Waals surface area contributed by atoms with Crippen molar-refractivity contribution in [1.82, 2.24) is 19.5 Å². The van der Waals surface area contributed by atoms with E-state index in [4.69, 9.17) is 15.0 Å². The maximum atomic E-state index is 5.91. The topological polar surface area (TPSA) is 43.6 Å². The van der Waals surface area contributed by atoms with E-state index in [1.165, 1.54) is 77.4 Å². The van der Waals surface area contributed by atoms with E-state index in [9.17, 15) is 0 Å². The third kappa shape index (κ3) is 7.07. The number of hydrogen-bond donors (Lipinski definition) is 0. The van der Waals surface area contributed by atoms with Gasteiger partial charge in [0.1, 0.15) is 0 Å². The van der Waals surface area contributed by atoms with Crippen LogP contribution in [0.1, 0.15) is 52.9 Å². The molecule has 2 aliphatic rings. The Hall–Kier alpha value is -8.99. The fourth-order valence-electron chi connectivity index (χ4n) is 12.1. The fraction of sp³-hybridized carbons (Fsp3) is 0.113. The molecule has 0 saturated heterocycles. The van der Waals surface area contributed by atoms with Crippen LogP contribution in [-0.2, 0) is 10.8 Å². The lowest BCUT2D eigenvalue weighted by molar-refractivity contribution is 0.529. The van der Waals surface area contributed by atoms with Gasteiger partial charge in [0.25, 0.3) is 0 Å². The van der Waals surface area contributed by atoms with Crippen LogP contribution in [0, 0.1) is 0 Å². The highest BCUT2D eigenvalue weighted by Gasteiger charge is 2.32. The molecule has 3 aromatic heterocycles. The van der Waals surface area contributed by atoms with Crippen molar-refractivity contribution in [2.45, 2.75) is 52.4 Å². The molecule has 9 aromatic carbocycles. The second kappa shape index (κ2) is 16.8. The molecule has 4 heteroatoms. The van der Waals surface area contributed by atoms with E-state index in [0.717, 1.165) is 73.1 Å². The Kier molecular flexibility index (Phi) is 10.00. The Morgan fingerprint density at radius 1 is 0.293 bits per heavy atom. The van der Waals surface area contributed by atoms with Crippen molar-refractivity contribution in [3.8, 4) is 117 Å². The number of para-hydroxylation sites is 2. The van der Waals surface area contributed by atoms with Crippen molar-refractivity contribution in [2.24, 2.45) is 0 Å². The van der Waals surface area contributed by atoms with E-state index >= 15 is 0 Å². The molecule has 2 aliphatic carbocycles. The van der Waals surface area contributed by atoms with Crippen molar-refractivity contribution < 1.29 is 0 Å². The molecule has 3 heterocycles. The van der Waals surface area contributed by atoms with Crippen LogP contribution in [0.5, 0.6) is 0 Å². The van der Waals surface area contributed by atoms with Crippen molar-refractivity contribution in [3.05, 3.63) is 230 Å². The van der Waals surface area contributed by atoms with E-state index in [2.05, 4.69) is 258 Å². The number of aromatic nitrogens is 4. The maximum absolute atomic E-state index is 5.91. The lowest BCUT2D eigenvalue weighted by Crippen LogP contribution is -2.23. The van der Waals surface area contributed by atoms with Crippen molar-refractivity contribution in [1.29, 1.82) is 0 Å². The summed E-state index contributed by atoms with van der Waals surface area (Å²) in [5, 5.41) is 2.50. The van der Waals surface area contributed by atoms with Gasteiger partial charge >= 0.3 is 0 Å². The van der Waals surface area contributed by atoms with Crippen LogP contribution in [0.4, 0.5) is 0 Å². The van der Waals surface area contributed by atoms with Crippen LogP contribution in [0.2, 0.25) is 0 Å². The summed E-state index contributed by atoms with van der Waals surface area (Å²) in [4.78, 5) is 16.7. The van der Waals surface area contributed by atoms with Gasteiger partial charge in [-0.1, -0.05) is 211 Å². The first-order valence-corrected chi connectivity index (χ1v) is 26.2. The number of benzene rings is 9. The number of rotatable bonds is 3. The smallest absolute Gasteiger partial charge is 0.0930 e.